The minimum absolute atomic E-state index is 0.00586. The summed E-state index contributed by atoms with van der Waals surface area (Å²) in [6.45, 7) is 5.52. The number of hydrogen-bond acceptors (Lipinski definition) is 18. The number of para-hydroxylation sites is 1. The first-order valence-electron chi connectivity index (χ1n) is 36.5. The molecule has 1 unspecified atom stereocenters. The fourth-order valence-electron chi connectivity index (χ4n) is 15.1. The fraction of sp³-hybridized carbons (Fsp3) is 0.402. The second-order valence-electron chi connectivity index (χ2n) is 28.9. The van der Waals surface area contributed by atoms with E-state index in [4.69, 9.17) is 28.4 Å². The SMILES string of the molecule is COc1ccc(C2=CN3C(=O)c4cc(OC)c(OCCCOc5cc6c(cc5OC)C(=O)N5CC7(CC7)C[C@H]5C(O)N6C(=O)OCc5ccc(CC(=O)[C@H](C)NC(=O)[C@@H](CC(=O)CNC(=O)CCC(=O)CCC(=O)N6Cc7ccccc7-c7nnn(C)c7-c7ccccc76)C(C)C)cc5)cc4CC[C@@H]3C2)cc1. The highest BCUT2D eigenvalue weighted by molar-refractivity contribution is 6.07. The molecule has 3 N–H and O–H groups in total. The number of nitrogens with zero attached hydrogens (tertiary/aromatic N) is 7. The highest BCUT2D eigenvalue weighted by Gasteiger charge is 2.58. The number of carbonyl (C=O) groups excluding carboxylic acids is 9. The van der Waals surface area contributed by atoms with Gasteiger partial charge in [0.1, 0.15) is 23.8 Å². The number of aryl methyl sites for hydroxylation is 2. The van der Waals surface area contributed by atoms with Crippen LogP contribution in [0.3, 0.4) is 0 Å². The lowest BCUT2D eigenvalue weighted by molar-refractivity contribution is -0.133. The highest BCUT2D eigenvalue weighted by Crippen LogP contribution is 2.57. The van der Waals surface area contributed by atoms with Crippen LogP contribution in [0.15, 0.2) is 128 Å². The van der Waals surface area contributed by atoms with Crippen molar-refractivity contribution in [3.8, 4) is 51.3 Å². The average molecular weight is 1460 g/mol. The van der Waals surface area contributed by atoms with Crippen LogP contribution in [0.25, 0.3) is 28.1 Å². The molecule has 6 amide bonds. The molecule has 6 aromatic carbocycles. The number of aliphatic hydroxyl groups excluding tert-OH is 1. The molecule has 5 atom stereocenters. The van der Waals surface area contributed by atoms with Crippen molar-refractivity contribution in [2.45, 2.75) is 142 Å². The van der Waals surface area contributed by atoms with Gasteiger partial charge in [-0.2, -0.15) is 0 Å². The number of methoxy groups -OCH3 is 3. The highest BCUT2D eigenvalue weighted by atomic mass is 16.6. The van der Waals surface area contributed by atoms with Gasteiger partial charge in [0.25, 0.3) is 11.8 Å². The summed E-state index contributed by atoms with van der Waals surface area (Å²) >= 11 is 0. The molecule has 1 aromatic heterocycles. The van der Waals surface area contributed by atoms with Crippen LogP contribution in [0.5, 0.6) is 28.7 Å². The second-order valence-corrected chi connectivity index (χ2v) is 28.9. The van der Waals surface area contributed by atoms with Gasteiger partial charge in [0, 0.05) is 99.5 Å². The second kappa shape index (κ2) is 31.9. The number of carbonyl (C=O) groups is 9. The molecule has 6 aliphatic rings. The standard InChI is InChI=1S/C82H89N9O16/c1-48(2)62(38-58(93)43-83-73(95)29-25-57(92)26-30-74(96)89-44-54-13-8-9-14-60(54)75-76(87(4)86-85-75)61-15-10-11-16-65(61)89)77(97)84-49(3)68(94)35-50-17-19-51(20-18-50)46-107-81(101)91-66-41-72(70(104-7)40-64(66)79(99)90-47-82(31-32-82)42-67(90)80(91)100)106-34-12-33-105-71-37-53-21-24-56-36-55(52-22-27-59(102-5)28-23-52)45-88(56)78(98)63(53)39-69(71)103-6/h8-11,13-20,22-23,27-28,37,39-41,45,48-49,56,62,67,80,100H,12,21,24-26,29-36,38,42-44,46-47H2,1-7H3,(H,83,95)(H,84,97)/t49-,56+,62-,67-,80?/m0/s1. The van der Waals surface area contributed by atoms with Crippen LogP contribution in [0.2, 0.25) is 0 Å². The molecule has 5 aliphatic heterocycles. The van der Waals surface area contributed by atoms with Gasteiger partial charge in [-0.15, -0.1) is 5.10 Å². The van der Waals surface area contributed by atoms with E-state index in [1.54, 1.807) is 79.7 Å². The third kappa shape index (κ3) is 16.0. The van der Waals surface area contributed by atoms with Crippen LogP contribution >= 0.6 is 0 Å². The number of anilines is 2. The van der Waals surface area contributed by atoms with E-state index in [1.807, 2.05) is 90.0 Å². The summed E-state index contributed by atoms with van der Waals surface area (Å²) in [7, 11) is 6.41. The first kappa shape index (κ1) is 74.1. The zero-order valence-corrected chi connectivity index (χ0v) is 61.2. The summed E-state index contributed by atoms with van der Waals surface area (Å²) in [6, 6.07) is 34.8. The number of fused-ring (bicyclic) bond motifs is 9. The van der Waals surface area contributed by atoms with E-state index in [9.17, 15) is 48.3 Å². The number of nitrogens with one attached hydrogen (secondary N) is 2. The summed E-state index contributed by atoms with van der Waals surface area (Å²) in [5, 5.41) is 26.3. The Bertz CT molecular complexity index is 4640. The zero-order chi connectivity index (χ0) is 75.4. The number of amides is 6. The summed E-state index contributed by atoms with van der Waals surface area (Å²) in [5.74, 6) is -1.79. The molecule has 2 fully saturated rings. The Morgan fingerprint density at radius 1 is 0.701 bits per heavy atom. The summed E-state index contributed by atoms with van der Waals surface area (Å²) in [4.78, 5) is 130. The first-order valence-corrected chi connectivity index (χ1v) is 36.5. The number of benzene rings is 6. The predicted octanol–water partition coefficient (Wildman–Crippen LogP) is 10.3. The predicted molar refractivity (Wildman–Crippen MR) is 396 cm³/mol. The molecule has 13 rings (SSSR count). The van der Waals surface area contributed by atoms with Gasteiger partial charge < -0.3 is 58.9 Å². The van der Waals surface area contributed by atoms with E-state index < -0.39 is 47.9 Å². The number of aliphatic hydroxyl groups is 1. The molecule has 1 saturated heterocycles. The number of aromatic nitrogens is 3. The van der Waals surface area contributed by atoms with Crippen LogP contribution in [0, 0.1) is 17.3 Å². The van der Waals surface area contributed by atoms with Crippen molar-refractivity contribution in [1.82, 2.24) is 35.4 Å². The van der Waals surface area contributed by atoms with Gasteiger partial charge in [0.2, 0.25) is 17.7 Å². The molecular weight excluding hydrogens is 1370 g/mol. The van der Waals surface area contributed by atoms with Gasteiger partial charge in [-0.1, -0.05) is 97.9 Å². The van der Waals surface area contributed by atoms with Crippen molar-refractivity contribution in [1.29, 1.82) is 0 Å². The van der Waals surface area contributed by atoms with Crippen molar-refractivity contribution >= 4 is 69.9 Å². The van der Waals surface area contributed by atoms with Gasteiger partial charge >= 0.3 is 6.09 Å². The van der Waals surface area contributed by atoms with Crippen LogP contribution < -0.4 is 44.1 Å². The normalized spacial score (nSPS) is 17.7. The van der Waals surface area contributed by atoms with Crippen molar-refractivity contribution in [2.75, 3.05) is 57.4 Å². The number of Topliss-reactive ketones (excluding diaryl/α,β-unsaturated/α-hetero) is 3. The van der Waals surface area contributed by atoms with Crippen LogP contribution in [0.4, 0.5) is 16.2 Å². The molecule has 1 saturated carbocycles. The van der Waals surface area contributed by atoms with E-state index in [1.165, 1.54) is 26.4 Å². The number of hydrogen-bond donors (Lipinski definition) is 3. The Morgan fingerprint density at radius 2 is 1.38 bits per heavy atom. The number of ketones is 3. The molecule has 107 heavy (non-hydrogen) atoms. The number of rotatable bonds is 28. The number of ether oxygens (including phenoxy) is 6. The van der Waals surface area contributed by atoms with E-state index in [2.05, 4.69) is 20.9 Å². The van der Waals surface area contributed by atoms with E-state index in [-0.39, 0.29) is 141 Å². The molecule has 1 aliphatic carbocycles. The van der Waals surface area contributed by atoms with Crippen molar-refractivity contribution in [2.24, 2.45) is 24.3 Å². The van der Waals surface area contributed by atoms with Crippen molar-refractivity contribution in [3.63, 3.8) is 0 Å². The lowest BCUT2D eigenvalue weighted by Gasteiger charge is -2.31. The minimum atomic E-state index is -1.48. The molecular formula is C82H89N9O16. The van der Waals surface area contributed by atoms with Gasteiger partial charge in [-0.3, -0.25) is 38.4 Å². The zero-order valence-electron chi connectivity index (χ0n) is 61.2. The Kier molecular flexibility index (Phi) is 22.1. The van der Waals surface area contributed by atoms with Gasteiger partial charge in [0.15, 0.2) is 40.8 Å². The third-order valence-corrected chi connectivity index (χ3v) is 21.5. The maximum Gasteiger partial charge on any atom is 0.416 e. The monoisotopic (exact) mass is 1460 g/mol. The summed E-state index contributed by atoms with van der Waals surface area (Å²) in [5.41, 5.74) is 9.42. The van der Waals surface area contributed by atoms with Gasteiger partial charge in [-0.25, -0.2) is 14.4 Å². The summed E-state index contributed by atoms with van der Waals surface area (Å²) < 4.78 is 37.1. The third-order valence-electron chi connectivity index (χ3n) is 21.5. The Labute approximate surface area is 620 Å². The lowest BCUT2D eigenvalue weighted by Crippen LogP contribution is -2.50. The lowest BCUT2D eigenvalue weighted by atomic mass is 9.89. The first-order chi connectivity index (χ1) is 51.6. The molecule has 558 valence electrons. The molecule has 6 heterocycles. The minimum Gasteiger partial charge on any atom is -0.497 e. The van der Waals surface area contributed by atoms with Gasteiger partial charge in [-0.05, 0) is 127 Å². The Morgan fingerprint density at radius 3 is 2.09 bits per heavy atom. The van der Waals surface area contributed by atoms with E-state index in [0.29, 0.717) is 65.4 Å². The molecule has 25 heteroatoms. The van der Waals surface area contributed by atoms with Crippen molar-refractivity contribution in [3.05, 3.63) is 166 Å². The Balaban J connectivity index is 0.570. The molecule has 25 nitrogen and oxygen atoms in total. The van der Waals surface area contributed by atoms with Gasteiger partial charge in [0.05, 0.1) is 82.3 Å². The molecule has 1 spiro atoms. The van der Waals surface area contributed by atoms with E-state index >= 15 is 0 Å². The smallest absolute Gasteiger partial charge is 0.416 e. The topological polar surface area (TPSA) is 297 Å². The van der Waals surface area contributed by atoms with E-state index in [0.717, 1.165) is 75.4 Å². The van der Waals surface area contributed by atoms with Crippen LogP contribution in [-0.2, 0) is 66.5 Å². The molecule has 7 aromatic rings. The van der Waals surface area contributed by atoms with Crippen molar-refractivity contribution < 1.29 is 76.7 Å². The van der Waals surface area contributed by atoms with Crippen LogP contribution in [0.1, 0.15) is 140 Å². The Hall–Kier alpha value is -11.2. The average Bonchev–Trinajstić information content (AvgIpc) is 1.57. The largest absolute Gasteiger partial charge is 0.497 e. The van der Waals surface area contributed by atoms with Crippen LogP contribution in [-0.4, -0.2) is 155 Å². The fourth-order valence-corrected chi connectivity index (χ4v) is 15.1. The molecule has 0 bridgehead atoms. The molecule has 0 radical (unpaired) electrons. The maximum atomic E-state index is 14.5. The summed E-state index contributed by atoms with van der Waals surface area (Å²) in [6.07, 6.45) is 3.58. The maximum absolute atomic E-state index is 14.5. The quantitative estimate of drug-likeness (QED) is 0.0384.